The lowest BCUT2D eigenvalue weighted by Crippen LogP contribution is -2.26. The maximum atomic E-state index is 14.3. The Kier molecular flexibility index (Phi) is 6.66. The van der Waals surface area contributed by atoms with Crippen LogP contribution in [0.1, 0.15) is 40.8 Å². The van der Waals surface area contributed by atoms with E-state index in [1.165, 1.54) is 11.1 Å². The summed E-state index contributed by atoms with van der Waals surface area (Å²) in [6.45, 7) is 3.54. The maximum Gasteiger partial charge on any atom is 0.123 e. The van der Waals surface area contributed by atoms with Gasteiger partial charge in [-0.25, -0.2) is 4.39 Å². The van der Waals surface area contributed by atoms with Crippen molar-refractivity contribution in [3.8, 4) is 28.7 Å². The molecule has 1 aliphatic heterocycles. The summed E-state index contributed by atoms with van der Waals surface area (Å²) in [5, 5.41) is 0. The molecule has 1 atom stereocenters. The number of nitrogens with zero attached hydrogens (tertiary/aromatic N) is 1. The third-order valence-corrected chi connectivity index (χ3v) is 6.62. The van der Waals surface area contributed by atoms with Crippen LogP contribution in [0.25, 0.3) is 11.1 Å². The summed E-state index contributed by atoms with van der Waals surface area (Å²) in [7, 11) is 1.68. The minimum atomic E-state index is -0.221. The van der Waals surface area contributed by atoms with Gasteiger partial charge in [-0.1, -0.05) is 73.4 Å². The molecule has 0 N–H and O–H groups in total. The Bertz CT molecular complexity index is 1380. The molecule has 1 aliphatic rings. The molecule has 5 rings (SSSR count). The summed E-state index contributed by atoms with van der Waals surface area (Å²) < 4.78 is 19.6. The Labute approximate surface area is 207 Å². The number of hydrogen-bond acceptors (Lipinski definition) is 2. The van der Waals surface area contributed by atoms with Crippen LogP contribution in [0.3, 0.4) is 0 Å². The minimum absolute atomic E-state index is 0.144. The molecule has 0 fully saturated rings. The summed E-state index contributed by atoms with van der Waals surface area (Å²) in [4.78, 5) is 2.37. The van der Waals surface area contributed by atoms with E-state index >= 15 is 0 Å². The second-order valence-corrected chi connectivity index (χ2v) is 8.86. The molecule has 3 heteroatoms. The van der Waals surface area contributed by atoms with Gasteiger partial charge in [-0.05, 0) is 76.2 Å². The first-order valence-corrected chi connectivity index (χ1v) is 12.0. The van der Waals surface area contributed by atoms with E-state index in [0.29, 0.717) is 13.1 Å². The average molecular weight is 462 g/mol. The van der Waals surface area contributed by atoms with Gasteiger partial charge in [-0.15, -0.1) is 0 Å². The normalized spacial score (nSPS) is 14.8. The second kappa shape index (κ2) is 10.2. The molecule has 0 amide bonds. The Morgan fingerprint density at radius 3 is 2.37 bits per heavy atom. The van der Waals surface area contributed by atoms with Crippen molar-refractivity contribution in [1.82, 2.24) is 4.90 Å². The van der Waals surface area contributed by atoms with Gasteiger partial charge in [-0.2, -0.15) is 0 Å². The molecule has 4 aromatic rings. The number of fused-ring (bicyclic) bond motifs is 3. The fourth-order valence-corrected chi connectivity index (χ4v) is 4.68. The maximum absolute atomic E-state index is 14.3. The summed E-state index contributed by atoms with van der Waals surface area (Å²) in [6.07, 6.45) is 1.01. The lowest BCUT2D eigenvalue weighted by Gasteiger charge is -2.27. The molecular weight excluding hydrogens is 433 g/mol. The summed E-state index contributed by atoms with van der Waals surface area (Å²) in [5.41, 5.74) is 7.66. The summed E-state index contributed by atoms with van der Waals surface area (Å²) in [5.74, 6) is 7.61. The van der Waals surface area contributed by atoms with Crippen molar-refractivity contribution in [3.63, 3.8) is 0 Å². The highest BCUT2D eigenvalue weighted by molar-refractivity contribution is 5.73. The molecule has 35 heavy (non-hydrogen) atoms. The second-order valence-electron chi connectivity index (χ2n) is 8.86. The first-order valence-electron chi connectivity index (χ1n) is 12.0. The Morgan fingerprint density at radius 2 is 1.63 bits per heavy atom. The number of halogens is 1. The fourth-order valence-electron chi connectivity index (χ4n) is 4.68. The Hall–Kier alpha value is -3.87. The molecule has 1 heterocycles. The van der Waals surface area contributed by atoms with Crippen LogP contribution < -0.4 is 4.74 Å². The SMILES string of the molecule is CCc1ccc(C#CC2c3ccccc3-c3cc(F)ccc3CN2Cc2ccc(OC)cc2)cc1. The molecular formula is C32H28FNO. The van der Waals surface area contributed by atoms with Gasteiger partial charge in [0.2, 0.25) is 0 Å². The number of rotatable bonds is 4. The van der Waals surface area contributed by atoms with Crippen LogP contribution >= 0.6 is 0 Å². The molecule has 0 saturated carbocycles. The van der Waals surface area contributed by atoms with E-state index in [-0.39, 0.29) is 11.9 Å². The lowest BCUT2D eigenvalue weighted by molar-refractivity contribution is 0.222. The van der Waals surface area contributed by atoms with E-state index in [9.17, 15) is 4.39 Å². The molecule has 0 saturated heterocycles. The van der Waals surface area contributed by atoms with E-state index < -0.39 is 0 Å². The van der Waals surface area contributed by atoms with Crippen molar-refractivity contribution in [2.45, 2.75) is 32.5 Å². The monoisotopic (exact) mass is 461 g/mol. The molecule has 2 nitrogen and oxygen atoms in total. The van der Waals surface area contributed by atoms with Crippen LogP contribution in [0.4, 0.5) is 4.39 Å². The van der Waals surface area contributed by atoms with Gasteiger partial charge in [0, 0.05) is 18.7 Å². The zero-order chi connectivity index (χ0) is 24.2. The van der Waals surface area contributed by atoms with Crippen molar-refractivity contribution in [2.24, 2.45) is 0 Å². The number of benzene rings is 4. The number of aryl methyl sites for hydroxylation is 1. The molecule has 0 radical (unpaired) electrons. The first-order chi connectivity index (χ1) is 17.1. The molecule has 174 valence electrons. The van der Waals surface area contributed by atoms with E-state index in [4.69, 9.17) is 4.74 Å². The summed E-state index contributed by atoms with van der Waals surface area (Å²) >= 11 is 0. The topological polar surface area (TPSA) is 12.5 Å². The van der Waals surface area contributed by atoms with Gasteiger partial charge in [0.15, 0.2) is 0 Å². The number of hydrogen-bond donors (Lipinski definition) is 0. The predicted molar refractivity (Wildman–Crippen MR) is 140 cm³/mol. The fraction of sp³-hybridized carbons (Fsp3) is 0.188. The van der Waals surface area contributed by atoms with E-state index in [1.807, 2.05) is 30.3 Å². The predicted octanol–water partition coefficient (Wildman–Crippen LogP) is 7.17. The van der Waals surface area contributed by atoms with Crippen LogP contribution in [0.5, 0.6) is 5.75 Å². The van der Waals surface area contributed by atoms with E-state index in [0.717, 1.165) is 40.0 Å². The highest BCUT2D eigenvalue weighted by Crippen LogP contribution is 2.39. The van der Waals surface area contributed by atoms with E-state index in [1.54, 1.807) is 19.2 Å². The van der Waals surface area contributed by atoms with Crippen LogP contribution in [-0.2, 0) is 19.5 Å². The molecule has 0 bridgehead atoms. The standard InChI is InChI=1S/C32H28FNO/c1-3-23-8-10-24(11-9-23)14-19-32-30-7-5-4-6-29(30)31-20-27(33)16-15-26(31)22-34(32)21-25-12-17-28(35-2)18-13-25/h4-13,15-18,20,32H,3,21-22H2,1-2H3. The highest BCUT2D eigenvalue weighted by Gasteiger charge is 2.27. The van der Waals surface area contributed by atoms with Crippen LogP contribution in [0.15, 0.2) is 91.0 Å². The molecule has 0 aromatic heterocycles. The first kappa shape index (κ1) is 22.9. The quantitative estimate of drug-likeness (QED) is 0.299. The van der Waals surface area contributed by atoms with Crippen molar-refractivity contribution >= 4 is 0 Å². The van der Waals surface area contributed by atoms with Crippen LogP contribution in [-0.4, -0.2) is 12.0 Å². The third kappa shape index (κ3) is 4.99. The molecule has 1 unspecified atom stereocenters. The number of ether oxygens (including phenoxy) is 1. The number of methoxy groups -OCH3 is 1. The van der Waals surface area contributed by atoms with Crippen molar-refractivity contribution in [1.29, 1.82) is 0 Å². The van der Waals surface area contributed by atoms with Gasteiger partial charge in [0.1, 0.15) is 11.6 Å². The Morgan fingerprint density at radius 1 is 0.886 bits per heavy atom. The van der Waals surface area contributed by atoms with Gasteiger partial charge >= 0.3 is 0 Å². The van der Waals surface area contributed by atoms with Gasteiger partial charge in [-0.3, -0.25) is 4.90 Å². The van der Waals surface area contributed by atoms with Gasteiger partial charge in [0.25, 0.3) is 0 Å². The van der Waals surface area contributed by atoms with Crippen LogP contribution in [0.2, 0.25) is 0 Å². The van der Waals surface area contributed by atoms with Crippen LogP contribution in [0, 0.1) is 17.7 Å². The van der Waals surface area contributed by atoms with Gasteiger partial charge < -0.3 is 4.74 Å². The highest BCUT2D eigenvalue weighted by atomic mass is 19.1. The largest absolute Gasteiger partial charge is 0.497 e. The van der Waals surface area contributed by atoms with Crippen molar-refractivity contribution in [3.05, 3.63) is 125 Å². The van der Waals surface area contributed by atoms with Crippen molar-refractivity contribution in [2.75, 3.05) is 7.11 Å². The zero-order valence-corrected chi connectivity index (χ0v) is 20.1. The van der Waals surface area contributed by atoms with E-state index in [2.05, 4.69) is 72.2 Å². The molecule has 4 aromatic carbocycles. The molecule has 0 aliphatic carbocycles. The van der Waals surface area contributed by atoms with Gasteiger partial charge in [0.05, 0.1) is 13.2 Å². The Balaban J connectivity index is 1.60. The lowest BCUT2D eigenvalue weighted by atomic mass is 9.94. The zero-order valence-electron chi connectivity index (χ0n) is 20.1. The third-order valence-electron chi connectivity index (χ3n) is 6.62. The summed E-state index contributed by atoms with van der Waals surface area (Å²) in [6, 6.07) is 29.8. The average Bonchev–Trinajstić information content (AvgIpc) is 3.02. The minimum Gasteiger partial charge on any atom is -0.497 e. The van der Waals surface area contributed by atoms with Crippen molar-refractivity contribution < 1.29 is 9.13 Å². The smallest absolute Gasteiger partial charge is 0.123 e. The molecule has 0 spiro atoms.